The minimum Gasteiger partial charge on any atom is -0.493 e. The number of benzene rings is 1. The van der Waals surface area contributed by atoms with Gasteiger partial charge < -0.3 is 29.5 Å². The number of piperazine rings is 1. The molecule has 0 spiro atoms. The molecule has 1 aliphatic rings. The van der Waals surface area contributed by atoms with Crippen molar-refractivity contribution in [1.82, 2.24) is 20.0 Å². The van der Waals surface area contributed by atoms with Gasteiger partial charge in [-0.05, 0) is 57.0 Å². The maximum atomic E-state index is 5.42. The average molecular weight is 562 g/mol. The molecule has 0 amide bonds. The van der Waals surface area contributed by atoms with Crippen LogP contribution in [0.1, 0.15) is 32.3 Å². The molecule has 0 unspecified atom stereocenters. The predicted molar refractivity (Wildman–Crippen MR) is 145 cm³/mol. The monoisotopic (exact) mass is 561 g/mol. The Morgan fingerprint density at radius 1 is 1.03 bits per heavy atom. The lowest BCUT2D eigenvalue weighted by molar-refractivity contribution is 0.136. The summed E-state index contributed by atoms with van der Waals surface area (Å²) in [6.45, 7) is 14.2. The molecule has 1 aliphatic heterocycles. The van der Waals surface area contributed by atoms with E-state index in [2.05, 4.69) is 53.0 Å². The molecular formula is C24H44IN5O2. The Hall–Kier alpha value is -1.26. The van der Waals surface area contributed by atoms with Gasteiger partial charge in [0.15, 0.2) is 17.5 Å². The van der Waals surface area contributed by atoms with Crippen LogP contribution in [0.5, 0.6) is 11.5 Å². The molecule has 0 saturated carbocycles. The quantitative estimate of drug-likeness (QED) is 0.183. The van der Waals surface area contributed by atoms with Crippen molar-refractivity contribution in [3.05, 3.63) is 23.8 Å². The molecule has 1 fully saturated rings. The van der Waals surface area contributed by atoms with Crippen molar-refractivity contribution < 1.29 is 9.47 Å². The highest BCUT2D eigenvalue weighted by Crippen LogP contribution is 2.27. The van der Waals surface area contributed by atoms with Crippen molar-refractivity contribution in [3.63, 3.8) is 0 Å². The number of hydrogen-bond acceptors (Lipinski definition) is 5. The number of nitrogens with one attached hydrogen (secondary N) is 1. The van der Waals surface area contributed by atoms with Crippen molar-refractivity contribution >= 4 is 29.9 Å². The smallest absolute Gasteiger partial charge is 0.193 e. The average Bonchev–Trinajstić information content (AvgIpc) is 2.81. The Balaban J connectivity index is 0.00000512. The van der Waals surface area contributed by atoms with Crippen LogP contribution in [0.4, 0.5) is 0 Å². The topological polar surface area (TPSA) is 52.6 Å². The molecule has 2 rings (SSSR count). The molecule has 32 heavy (non-hydrogen) atoms. The Bertz CT molecular complexity index is 666. The molecule has 8 heteroatoms. The minimum absolute atomic E-state index is 0. The molecule has 1 N–H and O–H groups in total. The first-order valence-electron chi connectivity index (χ1n) is 11.8. The Labute approximate surface area is 212 Å². The molecule has 0 aromatic heterocycles. The van der Waals surface area contributed by atoms with E-state index in [4.69, 9.17) is 14.5 Å². The summed E-state index contributed by atoms with van der Waals surface area (Å²) in [6, 6.07) is 6.12. The van der Waals surface area contributed by atoms with Gasteiger partial charge >= 0.3 is 0 Å². The summed E-state index contributed by atoms with van der Waals surface area (Å²) in [6.07, 6.45) is 3.27. The molecule has 1 aromatic carbocycles. The zero-order valence-corrected chi connectivity index (χ0v) is 23.1. The molecule has 1 saturated heterocycles. The van der Waals surface area contributed by atoms with Gasteiger partial charge in [-0.2, -0.15) is 0 Å². The Kier molecular flexibility index (Phi) is 14.7. The number of nitrogens with zero attached hydrogens (tertiary/aromatic N) is 4. The fourth-order valence-electron chi connectivity index (χ4n) is 3.87. The first-order chi connectivity index (χ1) is 15.1. The van der Waals surface area contributed by atoms with Gasteiger partial charge in [0.05, 0.1) is 14.2 Å². The molecule has 1 aromatic rings. The molecular weight excluding hydrogens is 517 g/mol. The number of unbranched alkanes of at least 4 members (excludes halogenated alkanes) is 1. The van der Waals surface area contributed by atoms with Crippen LogP contribution >= 0.6 is 24.0 Å². The third-order valence-corrected chi connectivity index (χ3v) is 5.94. The maximum absolute atomic E-state index is 5.42. The van der Waals surface area contributed by atoms with Crippen LogP contribution in [-0.4, -0.2) is 101 Å². The van der Waals surface area contributed by atoms with Crippen LogP contribution in [-0.2, 0) is 6.42 Å². The van der Waals surface area contributed by atoms with E-state index in [9.17, 15) is 0 Å². The number of ether oxygens (including phenoxy) is 2. The summed E-state index contributed by atoms with van der Waals surface area (Å²) in [4.78, 5) is 12.2. The highest BCUT2D eigenvalue weighted by molar-refractivity contribution is 14.0. The second-order valence-electron chi connectivity index (χ2n) is 8.08. The van der Waals surface area contributed by atoms with Crippen molar-refractivity contribution in [2.45, 2.75) is 33.1 Å². The normalized spacial score (nSPS) is 15.2. The summed E-state index contributed by atoms with van der Waals surface area (Å²) in [5.74, 6) is 2.53. The minimum atomic E-state index is 0. The van der Waals surface area contributed by atoms with Crippen molar-refractivity contribution in [2.75, 3.05) is 80.2 Å². The van der Waals surface area contributed by atoms with Gasteiger partial charge in [0, 0.05) is 52.9 Å². The lowest BCUT2D eigenvalue weighted by Crippen LogP contribution is -2.46. The standard InChI is InChI=1S/C24H43N5O2.HI/c1-6-25-24(26-13-8-9-14-29-18-16-28(7-2)17-19-29)27(3)15-12-21-10-11-22(30-4)23(20-21)31-5;/h10-11,20H,6-9,12-19H2,1-5H3,(H,25,26);1H. The zero-order chi connectivity index (χ0) is 22.5. The molecule has 184 valence electrons. The number of rotatable bonds is 12. The van der Waals surface area contributed by atoms with Crippen LogP contribution in [0.15, 0.2) is 23.2 Å². The lowest BCUT2D eigenvalue weighted by Gasteiger charge is -2.33. The summed E-state index contributed by atoms with van der Waals surface area (Å²) in [5, 5.41) is 3.43. The highest BCUT2D eigenvalue weighted by Gasteiger charge is 2.14. The maximum Gasteiger partial charge on any atom is 0.193 e. The fourth-order valence-corrected chi connectivity index (χ4v) is 3.87. The van der Waals surface area contributed by atoms with Crippen LogP contribution in [0.25, 0.3) is 0 Å². The van der Waals surface area contributed by atoms with Crippen molar-refractivity contribution in [3.8, 4) is 11.5 Å². The molecule has 0 atom stereocenters. The van der Waals surface area contributed by atoms with Gasteiger partial charge in [0.25, 0.3) is 0 Å². The highest BCUT2D eigenvalue weighted by atomic mass is 127. The third kappa shape index (κ3) is 9.70. The van der Waals surface area contributed by atoms with Crippen LogP contribution in [0.2, 0.25) is 0 Å². The van der Waals surface area contributed by atoms with Crippen LogP contribution in [0, 0.1) is 0 Å². The number of likely N-dealkylation sites (N-methyl/N-ethyl adjacent to an activating group) is 2. The van der Waals surface area contributed by atoms with Crippen LogP contribution in [0.3, 0.4) is 0 Å². The third-order valence-electron chi connectivity index (χ3n) is 5.94. The Morgan fingerprint density at radius 3 is 2.34 bits per heavy atom. The van der Waals surface area contributed by atoms with E-state index in [0.29, 0.717) is 0 Å². The fraction of sp³-hybridized carbons (Fsp3) is 0.708. The zero-order valence-electron chi connectivity index (χ0n) is 20.7. The van der Waals surface area contributed by atoms with Gasteiger partial charge in [0.2, 0.25) is 0 Å². The van der Waals surface area contributed by atoms with Gasteiger partial charge in [-0.1, -0.05) is 13.0 Å². The molecule has 0 aliphatic carbocycles. The van der Waals surface area contributed by atoms with E-state index in [-0.39, 0.29) is 24.0 Å². The molecule has 0 bridgehead atoms. The summed E-state index contributed by atoms with van der Waals surface area (Å²) >= 11 is 0. The summed E-state index contributed by atoms with van der Waals surface area (Å²) < 4.78 is 10.7. The van der Waals surface area contributed by atoms with Gasteiger partial charge in [-0.15, -0.1) is 24.0 Å². The van der Waals surface area contributed by atoms with E-state index < -0.39 is 0 Å². The van der Waals surface area contributed by atoms with E-state index in [1.807, 2.05) is 6.07 Å². The number of halogens is 1. The van der Waals surface area contributed by atoms with E-state index >= 15 is 0 Å². The van der Waals surface area contributed by atoms with Crippen molar-refractivity contribution in [2.24, 2.45) is 4.99 Å². The SMILES string of the molecule is CCNC(=NCCCCN1CCN(CC)CC1)N(C)CCc1ccc(OC)c(OC)c1.I. The van der Waals surface area contributed by atoms with E-state index in [1.165, 1.54) is 51.3 Å². The molecule has 1 heterocycles. The predicted octanol–water partition coefficient (Wildman–Crippen LogP) is 3.18. The summed E-state index contributed by atoms with van der Waals surface area (Å²) in [7, 11) is 5.45. The van der Waals surface area contributed by atoms with Gasteiger partial charge in [-0.25, -0.2) is 0 Å². The molecule has 0 radical (unpaired) electrons. The molecule has 7 nitrogen and oxygen atoms in total. The lowest BCUT2D eigenvalue weighted by atomic mass is 10.1. The first-order valence-corrected chi connectivity index (χ1v) is 11.8. The summed E-state index contributed by atoms with van der Waals surface area (Å²) in [5.41, 5.74) is 1.23. The number of methoxy groups -OCH3 is 2. The number of aliphatic imine (C=N–C) groups is 1. The van der Waals surface area contributed by atoms with E-state index in [0.717, 1.165) is 49.9 Å². The second kappa shape index (κ2) is 16.4. The Morgan fingerprint density at radius 2 is 1.72 bits per heavy atom. The second-order valence-corrected chi connectivity index (χ2v) is 8.08. The largest absolute Gasteiger partial charge is 0.493 e. The van der Waals surface area contributed by atoms with Gasteiger partial charge in [-0.3, -0.25) is 4.99 Å². The van der Waals surface area contributed by atoms with Crippen LogP contribution < -0.4 is 14.8 Å². The van der Waals surface area contributed by atoms with Gasteiger partial charge in [0.1, 0.15) is 0 Å². The number of hydrogen-bond donors (Lipinski definition) is 1. The number of guanidine groups is 1. The van der Waals surface area contributed by atoms with E-state index in [1.54, 1.807) is 14.2 Å². The van der Waals surface area contributed by atoms with Crippen molar-refractivity contribution in [1.29, 1.82) is 0 Å². The first kappa shape index (κ1) is 28.8.